The number of nitrogens with zero attached hydrogens (tertiary/aromatic N) is 2. The monoisotopic (exact) mass is 307 g/mol. The summed E-state index contributed by atoms with van der Waals surface area (Å²) in [5.74, 6) is -0.325. The van der Waals surface area contributed by atoms with Crippen molar-refractivity contribution < 1.29 is 9.72 Å². The molecule has 0 saturated carbocycles. The number of nitro groups is 1. The number of carbonyl (C=O) groups is 1. The van der Waals surface area contributed by atoms with Crippen molar-refractivity contribution in [1.29, 1.82) is 0 Å². The van der Waals surface area contributed by atoms with E-state index in [1.165, 1.54) is 24.3 Å². The summed E-state index contributed by atoms with van der Waals surface area (Å²) >= 11 is 0. The molecule has 1 N–H and O–H groups in total. The summed E-state index contributed by atoms with van der Waals surface area (Å²) in [6.07, 6.45) is 1.63. The van der Waals surface area contributed by atoms with Crippen molar-refractivity contribution in [1.82, 2.24) is 4.98 Å². The van der Waals surface area contributed by atoms with E-state index < -0.39 is 4.92 Å². The third-order valence-electron chi connectivity index (χ3n) is 3.49. The zero-order chi connectivity index (χ0) is 16.4. The van der Waals surface area contributed by atoms with E-state index in [0.29, 0.717) is 11.3 Å². The summed E-state index contributed by atoms with van der Waals surface area (Å²) in [5, 5.41) is 14.3. The van der Waals surface area contributed by atoms with Gasteiger partial charge in [0, 0.05) is 29.3 Å². The van der Waals surface area contributed by atoms with Gasteiger partial charge >= 0.3 is 0 Å². The Bertz CT molecular complexity index is 905. The second-order valence-corrected chi connectivity index (χ2v) is 5.14. The molecule has 0 bridgehead atoms. The largest absolute Gasteiger partial charge is 0.321 e. The first-order chi connectivity index (χ1) is 11.0. The van der Waals surface area contributed by atoms with E-state index in [2.05, 4.69) is 10.3 Å². The first-order valence-electron chi connectivity index (χ1n) is 6.96. The predicted octanol–water partition coefficient (Wildman–Crippen LogP) is 3.70. The third kappa shape index (κ3) is 3.01. The molecule has 2 aromatic carbocycles. The van der Waals surface area contributed by atoms with E-state index in [1.54, 1.807) is 12.3 Å². The van der Waals surface area contributed by atoms with Gasteiger partial charge in [0.15, 0.2) is 0 Å². The number of nitrogens with one attached hydrogen (secondary N) is 1. The van der Waals surface area contributed by atoms with Gasteiger partial charge in [0.25, 0.3) is 11.6 Å². The lowest BCUT2D eigenvalue weighted by molar-refractivity contribution is -0.384. The minimum Gasteiger partial charge on any atom is -0.321 e. The SMILES string of the molecule is Cc1ccc2nccc(NC(=O)c3ccc([N+](=O)[O-])cc3)c2c1. The molecule has 1 aromatic heterocycles. The normalized spacial score (nSPS) is 10.5. The smallest absolute Gasteiger partial charge is 0.269 e. The molecule has 6 heteroatoms. The number of rotatable bonds is 3. The van der Waals surface area contributed by atoms with Crippen molar-refractivity contribution in [3.8, 4) is 0 Å². The molecule has 0 atom stereocenters. The van der Waals surface area contributed by atoms with Gasteiger partial charge < -0.3 is 5.32 Å². The van der Waals surface area contributed by atoms with Gasteiger partial charge in [-0.2, -0.15) is 0 Å². The average molecular weight is 307 g/mol. The van der Waals surface area contributed by atoms with Crippen molar-refractivity contribution in [2.75, 3.05) is 5.32 Å². The van der Waals surface area contributed by atoms with Gasteiger partial charge in [0.1, 0.15) is 0 Å². The van der Waals surface area contributed by atoms with E-state index in [4.69, 9.17) is 0 Å². The van der Waals surface area contributed by atoms with E-state index in [9.17, 15) is 14.9 Å². The van der Waals surface area contributed by atoms with Crippen molar-refractivity contribution in [2.24, 2.45) is 0 Å². The van der Waals surface area contributed by atoms with Crippen LogP contribution in [-0.4, -0.2) is 15.8 Å². The Balaban J connectivity index is 1.91. The minimum absolute atomic E-state index is 0.0495. The number of hydrogen-bond donors (Lipinski definition) is 1. The second-order valence-electron chi connectivity index (χ2n) is 5.14. The molecule has 0 aliphatic heterocycles. The Morgan fingerprint density at radius 2 is 1.87 bits per heavy atom. The Morgan fingerprint density at radius 1 is 1.13 bits per heavy atom. The van der Waals surface area contributed by atoms with Gasteiger partial charge in [-0.3, -0.25) is 19.9 Å². The van der Waals surface area contributed by atoms with E-state index in [1.807, 2.05) is 25.1 Å². The summed E-state index contributed by atoms with van der Waals surface area (Å²) in [4.78, 5) is 26.7. The Hall–Kier alpha value is -3.28. The van der Waals surface area contributed by atoms with Crippen molar-refractivity contribution in [2.45, 2.75) is 6.92 Å². The van der Waals surface area contributed by atoms with Crippen LogP contribution in [0.15, 0.2) is 54.7 Å². The molecule has 0 fully saturated rings. The minimum atomic E-state index is -0.499. The van der Waals surface area contributed by atoms with Crippen molar-refractivity contribution in [3.63, 3.8) is 0 Å². The number of nitro benzene ring substituents is 1. The number of aryl methyl sites for hydroxylation is 1. The highest BCUT2D eigenvalue weighted by molar-refractivity contribution is 6.08. The first-order valence-corrected chi connectivity index (χ1v) is 6.96. The van der Waals surface area contributed by atoms with E-state index in [-0.39, 0.29) is 11.6 Å². The average Bonchev–Trinajstić information content (AvgIpc) is 2.55. The highest BCUT2D eigenvalue weighted by Crippen LogP contribution is 2.23. The molecule has 0 spiro atoms. The summed E-state index contributed by atoms with van der Waals surface area (Å²) in [5.41, 5.74) is 2.82. The molecule has 6 nitrogen and oxygen atoms in total. The lowest BCUT2D eigenvalue weighted by Gasteiger charge is -2.09. The lowest BCUT2D eigenvalue weighted by atomic mass is 10.1. The fraction of sp³-hybridized carbons (Fsp3) is 0.0588. The summed E-state index contributed by atoms with van der Waals surface area (Å²) in [6.45, 7) is 1.97. The molecule has 0 aliphatic rings. The molecule has 1 amide bonds. The predicted molar refractivity (Wildman–Crippen MR) is 87.5 cm³/mol. The van der Waals surface area contributed by atoms with Crippen LogP contribution in [0.5, 0.6) is 0 Å². The number of pyridine rings is 1. The molecule has 114 valence electrons. The molecular weight excluding hydrogens is 294 g/mol. The molecule has 3 rings (SSSR count). The molecule has 0 unspecified atom stereocenters. The summed E-state index contributed by atoms with van der Waals surface area (Å²) < 4.78 is 0. The van der Waals surface area contributed by atoms with Crippen molar-refractivity contribution in [3.05, 3.63) is 76.0 Å². The van der Waals surface area contributed by atoms with Crippen LogP contribution < -0.4 is 5.32 Å². The van der Waals surface area contributed by atoms with Crippen LogP contribution in [0.1, 0.15) is 15.9 Å². The van der Waals surface area contributed by atoms with Crippen LogP contribution in [-0.2, 0) is 0 Å². The van der Waals surface area contributed by atoms with Crippen LogP contribution in [0.2, 0.25) is 0 Å². The van der Waals surface area contributed by atoms with E-state index >= 15 is 0 Å². The number of amides is 1. The Labute approximate surface area is 131 Å². The quantitative estimate of drug-likeness (QED) is 0.590. The number of carbonyl (C=O) groups excluding carboxylic acids is 1. The maximum Gasteiger partial charge on any atom is 0.269 e. The second kappa shape index (κ2) is 5.84. The van der Waals surface area contributed by atoms with Crippen molar-refractivity contribution >= 4 is 28.2 Å². The summed E-state index contributed by atoms with van der Waals surface area (Å²) in [6, 6.07) is 13.0. The van der Waals surface area contributed by atoms with Crippen LogP contribution in [0.25, 0.3) is 10.9 Å². The van der Waals surface area contributed by atoms with Gasteiger partial charge in [0.05, 0.1) is 16.1 Å². The molecule has 23 heavy (non-hydrogen) atoms. The fourth-order valence-electron chi connectivity index (χ4n) is 2.30. The number of anilines is 1. The lowest BCUT2D eigenvalue weighted by Crippen LogP contribution is -2.12. The van der Waals surface area contributed by atoms with Gasteiger partial charge in [-0.05, 0) is 37.3 Å². The van der Waals surface area contributed by atoms with Gasteiger partial charge in [-0.15, -0.1) is 0 Å². The van der Waals surface area contributed by atoms with Gasteiger partial charge in [-0.1, -0.05) is 11.6 Å². The molecule has 0 saturated heterocycles. The zero-order valence-corrected chi connectivity index (χ0v) is 12.3. The molecule has 3 aromatic rings. The number of benzene rings is 2. The number of hydrogen-bond acceptors (Lipinski definition) is 4. The molecule has 1 heterocycles. The Kier molecular flexibility index (Phi) is 3.72. The highest BCUT2D eigenvalue weighted by atomic mass is 16.6. The summed E-state index contributed by atoms with van der Waals surface area (Å²) in [7, 11) is 0. The topological polar surface area (TPSA) is 85.1 Å². The number of aromatic nitrogens is 1. The standard InChI is InChI=1S/C17H13N3O3/c1-11-2-7-15-14(10-11)16(8-9-18-15)19-17(21)12-3-5-13(6-4-12)20(22)23/h2-10H,1H3,(H,18,19,21). The first kappa shape index (κ1) is 14.6. The van der Waals surface area contributed by atoms with E-state index in [0.717, 1.165) is 16.5 Å². The van der Waals surface area contributed by atoms with Crippen LogP contribution in [0.3, 0.4) is 0 Å². The molecule has 0 radical (unpaired) electrons. The fourth-order valence-corrected chi connectivity index (χ4v) is 2.30. The third-order valence-corrected chi connectivity index (χ3v) is 3.49. The van der Waals surface area contributed by atoms with Crippen LogP contribution in [0.4, 0.5) is 11.4 Å². The number of non-ortho nitro benzene ring substituents is 1. The maximum atomic E-state index is 12.3. The van der Waals surface area contributed by atoms with Crippen LogP contribution >= 0.6 is 0 Å². The Morgan fingerprint density at radius 3 is 2.57 bits per heavy atom. The molecule has 0 aliphatic carbocycles. The van der Waals surface area contributed by atoms with Gasteiger partial charge in [-0.25, -0.2) is 0 Å². The maximum absolute atomic E-state index is 12.3. The van der Waals surface area contributed by atoms with Crippen LogP contribution in [0, 0.1) is 17.0 Å². The molecular formula is C17H13N3O3. The number of fused-ring (bicyclic) bond motifs is 1. The highest BCUT2D eigenvalue weighted by Gasteiger charge is 2.11. The van der Waals surface area contributed by atoms with Gasteiger partial charge in [0.2, 0.25) is 0 Å². The zero-order valence-electron chi connectivity index (χ0n) is 12.3.